The first kappa shape index (κ1) is 9.52. The molecular formula is C9H17NO2. The summed E-state index contributed by atoms with van der Waals surface area (Å²) in [6.07, 6.45) is 2.48. The van der Waals surface area contributed by atoms with Crippen LogP contribution in [0.5, 0.6) is 0 Å². The Kier molecular flexibility index (Phi) is 3.09. The van der Waals surface area contributed by atoms with Crippen LogP contribution < -0.4 is 5.32 Å². The Morgan fingerprint density at radius 1 is 1.58 bits per heavy atom. The quantitative estimate of drug-likeness (QED) is 0.668. The topological polar surface area (TPSA) is 38.3 Å². The largest absolute Gasteiger partial charge is 0.372 e. The summed E-state index contributed by atoms with van der Waals surface area (Å²) >= 11 is 0. The molecule has 0 radical (unpaired) electrons. The van der Waals surface area contributed by atoms with Gasteiger partial charge in [0, 0.05) is 13.2 Å². The van der Waals surface area contributed by atoms with Crippen molar-refractivity contribution in [2.75, 3.05) is 19.8 Å². The fourth-order valence-corrected chi connectivity index (χ4v) is 0.948. The molecule has 1 N–H and O–H groups in total. The van der Waals surface area contributed by atoms with Gasteiger partial charge in [0.2, 0.25) is 5.91 Å². The second kappa shape index (κ2) is 3.90. The SMILES string of the molecule is CCOCC(=O)NCC1(C)CC1. The van der Waals surface area contributed by atoms with Crippen molar-refractivity contribution in [1.29, 1.82) is 0 Å². The van der Waals surface area contributed by atoms with E-state index in [9.17, 15) is 4.79 Å². The maximum Gasteiger partial charge on any atom is 0.246 e. The second-order valence-electron chi connectivity index (χ2n) is 3.72. The molecule has 0 aromatic carbocycles. The number of carbonyl (C=O) groups is 1. The van der Waals surface area contributed by atoms with Crippen molar-refractivity contribution in [3.05, 3.63) is 0 Å². The third-order valence-corrected chi connectivity index (χ3v) is 2.25. The summed E-state index contributed by atoms with van der Waals surface area (Å²) in [5, 5.41) is 2.86. The van der Waals surface area contributed by atoms with E-state index in [0.29, 0.717) is 12.0 Å². The molecule has 1 aliphatic carbocycles. The lowest BCUT2D eigenvalue weighted by molar-refractivity contribution is -0.125. The minimum Gasteiger partial charge on any atom is -0.372 e. The smallest absolute Gasteiger partial charge is 0.246 e. The minimum atomic E-state index is 0.00461. The zero-order valence-corrected chi connectivity index (χ0v) is 7.85. The number of nitrogens with one attached hydrogen (secondary N) is 1. The predicted molar refractivity (Wildman–Crippen MR) is 46.8 cm³/mol. The van der Waals surface area contributed by atoms with Gasteiger partial charge in [-0.05, 0) is 25.2 Å². The number of ether oxygens (including phenoxy) is 1. The first-order chi connectivity index (χ1) is 5.66. The molecule has 0 bridgehead atoms. The molecule has 0 atom stereocenters. The number of hydrogen-bond donors (Lipinski definition) is 1. The standard InChI is InChI=1S/C9H17NO2/c1-3-12-6-8(11)10-7-9(2)4-5-9/h3-7H2,1-2H3,(H,10,11). The lowest BCUT2D eigenvalue weighted by Crippen LogP contribution is -2.32. The van der Waals surface area contributed by atoms with Gasteiger partial charge in [0.1, 0.15) is 6.61 Å². The molecule has 0 aromatic rings. The van der Waals surface area contributed by atoms with Gasteiger partial charge in [-0.15, -0.1) is 0 Å². The van der Waals surface area contributed by atoms with E-state index < -0.39 is 0 Å². The molecule has 3 nitrogen and oxygen atoms in total. The molecule has 0 saturated heterocycles. The molecule has 1 fully saturated rings. The van der Waals surface area contributed by atoms with Crippen molar-refractivity contribution in [1.82, 2.24) is 5.32 Å². The number of hydrogen-bond acceptors (Lipinski definition) is 2. The molecule has 0 aromatic heterocycles. The summed E-state index contributed by atoms with van der Waals surface area (Å²) in [4.78, 5) is 11.0. The molecule has 1 saturated carbocycles. The van der Waals surface area contributed by atoms with Crippen LogP contribution in [0.2, 0.25) is 0 Å². The molecule has 1 aliphatic rings. The second-order valence-corrected chi connectivity index (χ2v) is 3.72. The third-order valence-electron chi connectivity index (χ3n) is 2.25. The van der Waals surface area contributed by atoms with Crippen LogP contribution >= 0.6 is 0 Å². The van der Waals surface area contributed by atoms with Gasteiger partial charge in [-0.2, -0.15) is 0 Å². The van der Waals surface area contributed by atoms with Crippen LogP contribution in [0.4, 0.5) is 0 Å². The Bertz CT molecular complexity index is 164. The molecule has 70 valence electrons. The summed E-state index contributed by atoms with van der Waals surface area (Å²) in [7, 11) is 0. The average Bonchev–Trinajstić information content (AvgIpc) is 2.77. The monoisotopic (exact) mass is 171 g/mol. The van der Waals surface area contributed by atoms with Crippen molar-refractivity contribution in [3.63, 3.8) is 0 Å². The lowest BCUT2D eigenvalue weighted by atomic mass is 10.1. The summed E-state index contributed by atoms with van der Waals surface area (Å²) in [5.74, 6) is 0.00461. The van der Waals surface area contributed by atoms with Crippen LogP contribution in [0.15, 0.2) is 0 Å². The van der Waals surface area contributed by atoms with Crippen molar-refractivity contribution in [2.24, 2.45) is 5.41 Å². The van der Waals surface area contributed by atoms with Crippen LogP contribution in [0.1, 0.15) is 26.7 Å². The highest BCUT2D eigenvalue weighted by Gasteiger charge is 2.37. The van der Waals surface area contributed by atoms with Crippen molar-refractivity contribution in [3.8, 4) is 0 Å². The van der Waals surface area contributed by atoms with Crippen LogP contribution in [0.3, 0.4) is 0 Å². The Labute approximate surface area is 73.5 Å². The molecule has 1 amide bonds. The highest BCUT2D eigenvalue weighted by atomic mass is 16.5. The Balaban J connectivity index is 2.02. The van der Waals surface area contributed by atoms with Crippen molar-refractivity contribution < 1.29 is 9.53 Å². The summed E-state index contributed by atoms with van der Waals surface area (Å²) < 4.78 is 4.97. The van der Waals surface area contributed by atoms with Crippen LogP contribution in [0.25, 0.3) is 0 Å². The summed E-state index contributed by atoms with van der Waals surface area (Å²) in [6.45, 7) is 5.68. The van der Waals surface area contributed by atoms with Gasteiger partial charge < -0.3 is 10.1 Å². The first-order valence-corrected chi connectivity index (χ1v) is 4.51. The highest BCUT2D eigenvalue weighted by Crippen LogP contribution is 2.43. The zero-order valence-electron chi connectivity index (χ0n) is 7.85. The number of rotatable bonds is 5. The molecule has 1 rings (SSSR count). The highest BCUT2D eigenvalue weighted by molar-refractivity contribution is 5.77. The van der Waals surface area contributed by atoms with E-state index in [2.05, 4.69) is 12.2 Å². The normalized spacial score (nSPS) is 18.8. The fraction of sp³-hybridized carbons (Fsp3) is 0.889. The Morgan fingerprint density at radius 3 is 2.75 bits per heavy atom. The van der Waals surface area contributed by atoms with Crippen molar-refractivity contribution in [2.45, 2.75) is 26.7 Å². The van der Waals surface area contributed by atoms with Crippen LogP contribution in [0, 0.1) is 5.41 Å². The van der Waals surface area contributed by atoms with Gasteiger partial charge in [-0.3, -0.25) is 4.79 Å². The number of carbonyl (C=O) groups excluding carboxylic acids is 1. The van der Waals surface area contributed by atoms with E-state index in [1.54, 1.807) is 0 Å². The van der Waals surface area contributed by atoms with Crippen LogP contribution in [-0.4, -0.2) is 25.7 Å². The van der Waals surface area contributed by atoms with Crippen molar-refractivity contribution >= 4 is 5.91 Å². The van der Waals surface area contributed by atoms with E-state index in [1.807, 2.05) is 6.92 Å². The maximum absolute atomic E-state index is 11.0. The van der Waals surface area contributed by atoms with Gasteiger partial charge in [0.05, 0.1) is 0 Å². The molecule has 3 heteroatoms. The average molecular weight is 171 g/mol. The van der Waals surface area contributed by atoms with Gasteiger partial charge in [0.15, 0.2) is 0 Å². The minimum absolute atomic E-state index is 0.00461. The molecule has 0 heterocycles. The van der Waals surface area contributed by atoms with Gasteiger partial charge >= 0.3 is 0 Å². The van der Waals surface area contributed by atoms with Crippen LogP contribution in [-0.2, 0) is 9.53 Å². The van der Waals surface area contributed by atoms with E-state index in [-0.39, 0.29) is 12.5 Å². The number of amides is 1. The van der Waals surface area contributed by atoms with E-state index in [0.717, 1.165) is 6.54 Å². The molecule has 12 heavy (non-hydrogen) atoms. The molecule has 0 aliphatic heterocycles. The maximum atomic E-state index is 11.0. The summed E-state index contributed by atoms with van der Waals surface area (Å²) in [5.41, 5.74) is 0.391. The molecule has 0 unspecified atom stereocenters. The van der Waals surface area contributed by atoms with Gasteiger partial charge in [-0.25, -0.2) is 0 Å². The Hall–Kier alpha value is -0.570. The third kappa shape index (κ3) is 3.22. The molecular weight excluding hydrogens is 154 g/mol. The van der Waals surface area contributed by atoms with E-state index in [4.69, 9.17) is 4.74 Å². The zero-order chi connectivity index (χ0) is 9.03. The van der Waals surface area contributed by atoms with E-state index >= 15 is 0 Å². The molecule has 0 spiro atoms. The van der Waals surface area contributed by atoms with Gasteiger partial charge in [0.25, 0.3) is 0 Å². The predicted octanol–water partition coefficient (Wildman–Crippen LogP) is 0.939. The van der Waals surface area contributed by atoms with E-state index in [1.165, 1.54) is 12.8 Å². The summed E-state index contributed by atoms with van der Waals surface area (Å²) in [6, 6.07) is 0. The lowest BCUT2D eigenvalue weighted by Gasteiger charge is -2.09. The fourth-order valence-electron chi connectivity index (χ4n) is 0.948. The van der Waals surface area contributed by atoms with Gasteiger partial charge in [-0.1, -0.05) is 6.92 Å². The Morgan fingerprint density at radius 2 is 2.25 bits per heavy atom. The first-order valence-electron chi connectivity index (χ1n) is 4.51.